The van der Waals surface area contributed by atoms with Crippen LogP contribution < -0.4 is 9.04 Å². The molecule has 0 saturated carbocycles. The maximum absolute atomic E-state index is 13.8. The summed E-state index contributed by atoms with van der Waals surface area (Å²) >= 11 is 0. The van der Waals surface area contributed by atoms with E-state index in [2.05, 4.69) is 13.0 Å². The number of benzene rings is 2. The first kappa shape index (κ1) is 24.5. The van der Waals surface area contributed by atoms with E-state index in [1.54, 1.807) is 0 Å². The van der Waals surface area contributed by atoms with Crippen molar-refractivity contribution in [2.75, 3.05) is 24.1 Å². The molecule has 2 heterocycles. The van der Waals surface area contributed by atoms with Crippen LogP contribution in [-0.2, 0) is 27.6 Å². The van der Waals surface area contributed by atoms with Crippen LogP contribution in [0.3, 0.4) is 0 Å². The lowest BCUT2D eigenvalue weighted by atomic mass is 9.94. The van der Waals surface area contributed by atoms with E-state index in [0.29, 0.717) is 37.8 Å². The standard InChI is InChI=1S/C26H33NO6S/c1-3-18-5-9-24-20(15-18)6-7-21(4-2)27(24)34(30,31)22-8-10-25(23(16-22)26(28)29)33-17-19-11-13-32-14-12-19/h5,8-10,15-16,19,21H,3-4,6-7,11-14,17H2,1-2H3,(H,28,29)/t21-/m0/s1. The molecule has 4 rings (SSSR count). The van der Waals surface area contributed by atoms with E-state index in [0.717, 1.165) is 37.7 Å². The van der Waals surface area contributed by atoms with Gasteiger partial charge in [0.25, 0.3) is 10.0 Å². The van der Waals surface area contributed by atoms with Crippen molar-refractivity contribution in [1.82, 2.24) is 0 Å². The lowest BCUT2D eigenvalue weighted by Crippen LogP contribution is -2.43. The monoisotopic (exact) mass is 487 g/mol. The van der Waals surface area contributed by atoms with Gasteiger partial charge in [0.05, 0.1) is 17.2 Å². The summed E-state index contributed by atoms with van der Waals surface area (Å²) in [7, 11) is -3.97. The van der Waals surface area contributed by atoms with Crippen LogP contribution in [0.4, 0.5) is 5.69 Å². The molecule has 2 aliphatic heterocycles. The summed E-state index contributed by atoms with van der Waals surface area (Å²) in [4.78, 5) is 12.0. The first-order valence-corrected chi connectivity index (χ1v) is 13.5. The Kier molecular flexibility index (Phi) is 7.48. The van der Waals surface area contributed by atoms with Gasteiger partial charge >= 0.3 is 5.97 Å². The molecular weight excluding hydrogens is 454 g/mol. The molecular formula is C26H33NO6S. The Morgan fingerprint density at radius 1 is 1.12 bits per heavy atom. The summed E-state index contributed by atoms with van der Waals surface area (Å²) in [6.45, 7) is 5.79. The second-order valence-electron chi connectivity index (χ2n) is 9.05. The Hall–Kier alpha value is -2.58. The van der Waals surface area contributed by atoms with Crippen LogP contribution >= 0.6 is 0 Å². The molecule has 8 heteroatoms. The van der Waals surface area contributed by atoms with Crippen molar-refractivity contribution >= 4 is 21.7 Å². The van der Waals surface area contributed by atoms with Gasteiger partial charge in [0.1, 0.15) is 11.3 Å². The molecule has 1 N–H and O–H groups in total. The van der Waals surface area contributed by atoms with Crippen LogP contribution in [0, 0.1) is 5.92 Å². The van der Waals surface area contributed by atoms with E-state index in [-0.39, 0.29) is 22.3 Å². The van der Waals surface area contributed by atoms with E-state index in [9.17, 15) is 18.3 Å². The van der Waals surface area contributed by atoms with E-state index in [1.807, 2.05) is 19.1 Å². The third kappa shape index (κ3) is 4.93. The number of anilines is 1. The van der Waals surface area contributed by atoms with Gasteiger partial charge in [-0.25, -0.2) is 13.2 Å². The van der Waals surface area contributed by atoms with Crippen molar-refractivity contribution in [2.45, 2.75) is 63.3 Å². The Bertz CT molecular complexity index is 1140. The first-order chi connectivity index (χ1) is 16.3. The molecule has 0 aliphatic carbocycles. The number of aryl methyl sites for hydroxylation is 2. The zero-order valence-electron chi connectivity index (χ0n) is 19.8. The summed E-state index contributed by atoms with van der Waals surface area (Å²) in [6.07, 6.45) is 4.84. The number of rotatable bonds is 8. The van der Waals surface area contributed by atoms with Gasteiger partial charge in [-0.15, -0.1) is 0 Å². The van der Waals surface area contributed by atoms with Crippen LogP contribution in [0.1, 0.15) is 61.0 Å². The molecule has 0 unspecified atom stereocenters. The van der Waals surface area contributed by atoms with Crippen LogP contribution in [0.5, 0.6) is 5.75 Å². The summed E-state index contributed by atoms with van der Waals surface area (Å²) < 4.78 is 40.4. The van der Waals surface area contributed by atoms with Crippen molar-refractivity contribution in [1.29, 1.82) is 0 Å². The predicted molar refractivity (Wildman–Crippen MR) is 130 cm³/mol. The zero-order chi connectivity index (χ0) is 24.3. The summed E-state index contributed by atoms with van der Waals surface area (Å²) in [5.41, 5.74) is 2.74. The van der Waals surface area contributed by atoms with Gasteiger partial charge in [0.15, 0.2) is 0 Å². The second kappa shape index (κ2) is 10.4. The number of fused-ring (bicyclic) bond motifs is 1. The Balaban J connectivity index is 1.67. The number of hydrogen-bond acceptors (Lipinski definition) is 5. The number of aromatic carboxylic acids is 1. The van der Waals surface area contributed by atoms with Gasteiger partial charge in [0.2, 0.25) is 0 Å². The molecule has 0 bridgehead atoms. The smallest absolute Gasteiger partial charge is 0.339 e. The number of sulfonamides is 1. The molecule has 184 valence electrons. The third-order valence-corrected chi connectivity index (χ3v) is 8.76. The molecule has 0 radical (unpaired) electrons. The minimum absolute atomic E-state index is 0.0332. The van der Waals surface area contributed by atoms with Crippen molar-refractivity contribution in [2.24, 2.45) is 5.92 Å². The fourth-order valence-corrected chi connectivity index (χ4v) is 6.62. The Morgan fingerprint density at radius 3 is 2.56 bits per heavy atom. The molecule has 0 amide bonds. The number of carboxylic acid groups (broad SMARTS) is 1. The number of carbonyl (C=O) groups is 1. The highest BCUT2D eigenvalue weighted by atomic mass is 32.2. The van der Waals surface area contributed by atoms with Crippen LogP contribution in [0.2, 0.25) is 0 Å². The van der Waals surface area contributed by atoms with Gasteiger partial charge in [-0.1, -0.05) is 26.0 Å². The average Bonchev–Trinajstić information content (AvgIpc) is 2.86. The quantitative estimate of drug-likeness (QED) is 0.582. The van der Waals surface area contributed by atoms with Crippen LogP contribution in [0.25, 0.3) is 0 Å². The minimum atomic E-state index is -3.97. The molecule has 1 fully saturated rings. The molecule has 2 aromatic rings. The van der Waals surface area contributed by atoms with Gasteiger partial charge in [-0.3, -0.25) is 4.31 Å². The van der Waals surface area contributed by atoms with Gasteiger partial charge in [-0.2, -0.15) is 0 Å². The minimum Gasteiger partial charge on any atom is -0.492 e. The molecule has 7 nitrogen and oxygen atoms in total. The van der Waals surface area contributed by atoms with Crippen LogP contribution in [0.15, 0.2) is 41.3 Å². The normalized spacial score (nSPS) is 19.0. The fraction of sp³-hybridized carbons (Fsp3) is 0.500. The summed E-state index contributed by atoms with van der Waals surface area (Å²) in [5, 5.41) is 9.81. The molecule has 1 atom stereocenters. The summed E-state index contributed by atoms with van der Waals surface area (Å²) in [6, 6.07) is 9.93. The van der Waals surface area contributed by atoms with Crippen molar-refractivity contribution in [3.05, 3.63) is 53.1 Å². The van der Waals surface area contributed by atoms with Crippen molar-refractivity contribution < 1.29 is 27.8 Å². The Labute approximate surface area is 201 Å². The largest absolute Gasteiger partial charge is 0.492 e. The second-order valence-corrected chi connectivity index (χ2v) is 10.9. The molecule has 2 aliphatic rings. The maximum Gasteiger partial charge on any atom is 0.339 e. The van der Waals surface area contributed by atoms with E-state index >= 15 is 0 Å². The molecule has 0 aromatic heterocycles. The third-order valence-electron chi connectivity index (χ3n) is 6.89. The highest BCUT2D eigenvalue weighted by Gasteiger charge is 2.36. The fourth-order valence-electron chi connectivity index (χ4n) is 4.80. The topological polar surface area (TPSA) is 93.1 Å². The number of nitrogens with zero attached hydrogens (tertiary/aromatic N) is 1. The zero-order valence-corrected chi connectivity index (χ0v) is 20.6. The first-order valence-electron chi connectivity index (χ1n) is 12.1. The molecule has 1 saturated heterocycles. The number of carboxylic acids is 1. The van der Waals surface area contributed by atoms with Crippen molar-refractivity contribution in [3.8, 4) is 5.75 Å². The van der Waals surface area contributed by atoms with Gasteiger partial charge in [0, 0.05) is 19.3 Å². The molecule has 0 spiro atoms. The predicted octanol–water partition coefficient (Wildman–Crippen LogP) is 4.67. The SMILES string of the molecule is CCc1ccc2c(c1)CC[C@H](CC)N2S(=O)(=O)c1ccc(OCC2CCOCC2)c(C(=O)O)c1. The van der Waals surface area contributed by atoms with E-state index in [1.165, 1.54) is 28.1 Å². The average molecular weight is 488 g/mol. The van der Waals surface area contributed by atoms with Crippen molar-refractivity contribution in [3.63, 3.8) is 0 Å². The lowest BCUT2D eigenvalue weighted by Gasteiger charge is -2.37. The maximum atomic E-state index is 13.8. The number of hydrogen-bond donors (Lipinski definition) is 1. The molecule has 34 heavy (non-hydrogen) atoms. The lowest BCUT2D eigenvalue weighted by molar-refractivity contribution is 0.0490. The summed E-state index contributed by atoms with van der Waals surface area (Å²) in [5.74, 6) is -0.726. The number of ether oxygens (including phenoxy) is 2. The highest BCUT2D eigenvalue weighted by Crippen LogP contribution is 2.38. The molecule has 2 aromatic carbocycles. The highest BCUT2D eigenvalue weighted by molar-refractivity contribution is 7.92. The Morgan fingerprint density at radius 2 is 1.88 bits per heavy atom. The van der Waals surface area contributed by atoms with E-state index in [4.69, 9.17) is 9.47 Å². The van der Waals surface area contributed by atoms with E-state index < -0.39 is 16.0 Å². The van der Waals surface area contributed by atoms with Gasteiger partial charge in [-0.05, 0) is 79.8 Å². The van der Waals surface area contributed by atoms with Crippen LogP contribution in [-0.4, -0.2) is 45.4 Å². The van der Waals surface area contributed by atoms with Gasteiger partial charge < -0.3 is 14.6 Å².